The van der Waals surface area contributed by atoms with E-state index in [1.165, 1.54) is 12.2 Å². The number of rotatable bonds is 3. The molecule has 0 bridgehead atoms. The van der Waals surface area contributed by atoms with Crippen molar-refractivity contribution in [3.05, 3.63) is 0 Å². The van der Waals surface area contributed by atoms with E-state index in [-0.39, 0.29) is 0 Å². The minimum Gasteiger partial charge on any atom is -0.481 e. The van der Waals surface area contributed by atoms with Gasteiger partial charge >= 0.3 is 5.97 Å². The van der Waals surface area contributed by atoms with Crippen molar-refractivity contribution >= 4 is 17.7 Å². The van der Waals surface area contributed by atoms with Crippen LogP contribution in [-0.4, -0.2) is 21.6 Å². The Labute approximate surface area is 77.7 Å². The third kappa shape index (κ3) is 2.41. The summed E-state index contributed by atoms with van der Waals surface area (Å²) in [7, 11) is 0. The number of hydrogen-bond donors (Lipinski definition) is 1. The molecule has 0 spiro atoms. The second-order valence-electron chi connectivity index (χ2n) is 3.87. The van der Waals surface area contributed by atoms with E-state index in [2.05, 4.69) is 13.8 Å². The van der Waals surface area contributed by atoms with Gasteiger partial charge in [0.1, 0.15) is 0 Å². The maximum atomic E-state index is 10.4. The van der Waals surface area contributed by atoms with Crippen LogP contribution in [0.1, 0.15) is 33.1 Å². The van der Waals surface area contributed by atoms with Gasteiger partial charge in [-0.1, -0.05) is 13.8 Å². The first-order chi connectivity index (χ1) is 5.52. The molecule has 3 heteroatoms. The lowest BCUT2D eigenvalue weighted by atomic mass is 9.88. The average molecular weight is 188 g/mol. The fraction of sp³-hybridized carbons (Fsp3) is 0.889. The fourth-order valence-electron chi connectivity index (χ4n) is 1.72. The van der Waals surface area contributed by atoms with E-state index < -0.39 is 5.97 Å². The average Bonchev–Trinajstić information content (AvgIpc) is 2.25. The van der Waals surface area contributed by atoms with Crippen molar-refractivity contribution < 1.29 is 9.90 Å². The molecule has 1 heterocycles. The molecule has 0 aromatic carbocycles. The molecule has 1 unspecified atom stereocenters. The van der Waals surface area contributed by atoms with E-state index in [9.17, 15) is 4.79 Å². The molecule has 0 aromatic rings. The maximum Gasteiger partial charge on any atom is 0.303 e. The van der Waals surface area contributed by atoms with E-state index in [0.29, 0.717) is 17.1 Å². The van der Waals surface area contributed by atoms with Crippen LogP contribution in [0, 0.1) is 5.92 Å². The molecule has 0 radical (unpaired) electrons. The number of carbonyl (C=O) groups is 1. The molecule has 1 rings (SSSR count). The summed E-state index contributed by atoms with van der Waals surface area (Å²) in [5.41, 5.74) is 0. The SMILES string of the molecule is CC1(C)SCCC1CCC(=O)O. The van der Waals surface area contributed by atoms with Gasteiger partial charge in [-0.25, -0.2) is 0 Å². The Balaban J connectivity index is 2.36. The Bertz CT molecular complexity index is 177. The van der Waals surface area contributed by atoms with Crippen LogP contribution in [0.4, 0.5) is 0 Å². The highest BCUT2D eigenvalue weighted by Gasteiger charge is 2.34. The zero-order valence-electron chi connectivity index (χ0n) is 7.67. The van der Waals surface area contributed by atoms with Gasteiger partial charge in [0, 0.05) is 11.2 Å². The number of hydrogen-bond acceptors (Lipinski definition) is 2. The second-order valence-corrected chi connectivity index (χ2v) is 5.62. The monoisotopic (exact) mass is 188 g/mol. The first kappa shape index (κ1) is 9.90. The van der Waals surface area contributed by atoms with E-state index in [1.54, 1.807) is 0 Å². The number of carboxylic acid groups (broad SMARTS) is 1. The third-order valence-corrected chi connectivity index (χ3v) is 4.15. The van der Waals surface area contributed by atoms with Crippen molar-refractivity contribution in [2.24, 2.45) is 5.92 Å². The molecule has 1 aliphatic rings. The van der Waals surface area contributed by atoms with Gasteiger partial charge in [0.15, 0.2) is 0 Å². The van der Waals surface area contributed by atoms with Crippen molar-refractivity contribution in [3.63, 3.8) is 0 Å². The van der Waals surface area contributed by atoms with Crippen molar-refractivity contribution in [3.8, 4) is 0 Å². The molecule has 1 aliphatic heterocycles. The van der Waals surface area contributed by atoms with Crippen LogP contribution < -0.4 is 0 Å². The quantitative estimate of drug-likeness (QED) is 0.739. The number of carboxylic acids is 1. The Hall–Kier alpha value is -0.180. The zero-order valence-corrected chi connectivity index (χ0v) is 8.49. The largest absolute Gasteiger partial charge is 0.481 e. The topological polar surface area (TPSA) is 37.3 Å². The summed E-state index contributed by atoms with van der Waals surface area (Å²) in [6, 6.07) is 0. The molecule has 0 aliphatic carbocycles. The summed E-state index contributed by atoms with van der Waals surface area (Å²) in [6.07, 6.45) is 2.36. The van der Waals surface area contributed by atoms with Gasteiger partial charge in [-0.15, -0.1) is 0 Å². The summed E-state index contributed by atoms with van der Waals surface area (Å²) in [5, 5.41) is 8.54. The Kier molecular flexibility index (Phi) is 3.04. The zero-order chi connectivity index (χ0) is 9.19. The molecule has 1 fully saturated rings. The molecular formula is C9H16O2S. The molecule has 0 aromatic heterocycles. The molecule has 0 saturated carbocycles. The molecule has 1 N–H and O–H groups in total. The highest BCUT2D eigenvalue weighted by Crippen LogP contribution is 2.44. The van der Waals surface area contributed by atoms with Crippen LogP contribution in [0.15, 0.2) is 0 Å². The van der Waals surface area contributed by atoms with Gasteiger partial charge in [-0.3, -0.25) is 4.79 Å². The highest BCUT2D eigenvalue weighted by atomic mass is 32.2. The van der Waals surface area contributed by atoms with Crippen LogP contribution in [0.5, 0.6) is 0 Å². The maximum absolute atomic E-state index is 10.4. The Morgan fingerprint density at radius 3 is 2.75 bits per heavy atom. The minimum atomic E-state index is -0.664. The Morgan fingerprint density at radius 2 is 2.33 bits per heavy atom. The highest BCUT2D eigenvalue weighted by molar-refractivity contribution is 8.00. The molecular weight excluding hydrogens is 172 g/mol. The minimum absolute atomic E-state index is 0.301. The van der Waals surface area contributed by atoms with E-state index in [0.717, 1.165) is 6.42 Å². The van der Waals surface area contributed by atoms with Gasteiger partial charge in [0.05, 0.1) is 0 Å². The molecule has 1 saturated heterocycles. The number of thioether (sulfide) groups is 1. The van der Waals surface area contributed by atoms with Crippen molar-refractivity contribution in [1.82, 2.24) is 0 Å². The smallest absolute Gasteiger partial charge is 0.303 e. The summed E-state index contributed by atoms with van der Waals surface area (Å²) in [5.74, 6) is 1.12. The predicted octanol–water partition coefficient (Wildman–Crippen LogP) is 2.38. The van der Waals surface area contributed by atoms with Crippen molar-refractivity contribution in [2.75, 3.05) is 5.75 Å². The lowest BCUT2D eigenvalue weighted by Gasteiger charge is -2.25. The second kappa shape index (κ2) is 3.69. The summed E-state index contributed by atoms with van der Waals surface area (Å²) in [4.78, 5) is 10.4. The van der Waals surface area contributed by atoms with Crippen LogP contribution in [0.25, 0.3) is 0 Å². The normalized spacial score (nSPS) is 27.3. The predicted molar refractivity (Wildman–Crippen MR) is 51.5 cm³/mol. The van der Waals surface area contributed by atoms with Crippen LogP contribution in [0.2, 0.25) is 0 Å². The van der Waals surface area contributed by atoms with E-state index >= 15 is 0 Å². The standard InChI is InChI=1S/C9H16O2S/c1-9(2)7(5-6-12-9)3-4-8(10)11/h7H,3-6H2,1-2H3,(H,10,11). The molecule has 2 nitrogen and oxygen atoms in total. The van der Waals surface area contributed by atoms with Crippen molar-refractivity contribution in [1.29, 1.82) is 0 Å². The lowest BCUT2D eigenvalue weighted by Crippen LogP contribution is -2.22. The molecule has 70 valence electrons. The molecule has 1 atom stereocenters. The van der Waals surface area contributed by atoms with Crippen LogP contribution in [-0.2, 0) is 4.79 Å². The Morgan fingerprint density at radius 1 is 1.67 bits per heavy atom. The van der Waals surface area contributed by atoms with Gasteiger partial charge in [0.2, 0.25) is 0 Å². The van der Waals surface area contributed by atoms with Crippen LogP contribution >= 0.6 is 11.8 Å². The fourth-order valence-corrected chi connectivity index (χ4v) is 3.12. The summed E-state index contributed by atoms with van der Waals surface area (Å²) >= 11 is 1.97. The van der Waals surface area contributed by atoms with Gasteiger partial charge in [0.25, 0.3) is 0 Å². The van der Waals surface area contributed by atoms with Gasteiger partial charge < -0.3 is 5.11 Å². The first-order valence-corrected chi connectivity index (χ1v) is 5.36. The van der Waals surface area contributed by atoms with E-state index in [1.807, 2.05) is 11.8 Å². The third-order valence-electron chi connectivity index (χ3n) is 2.63. The van der Waals surface area contributed by atoms with Crippen LogP contribution in [0.3, 0.4) is 0 Å². The molecule has 0 amide bonds. The van der Waals surface area contributed by atoms with Gasteiger partial charge in [-0.05, 0) is 24.5 Å². The van der Waals surface area contributed by atoms with E-state index in [4.69, 9.17) is 5.11 Å². The molecule has 12 heavy (non-hydrogen) atoms. The summed E-state index contributed by atoms with van der Waals surface area (Å²) in [6.45, 7) is 4.44. The first-order valence-electron chi connectivity index (χ1n) is 4.38. The lowest BCUT2D eigenvalue weighted by molar-refractivity contribution is -0.137. The number of aliphatic carboxylic acids is 1. The van der Waals surface area contributed by atoms with Gasteiger partial charge in [-0.2, -0.15) is 11.8 Å². The van der Waals surface area contributed by atoms with Crippen molar-refractivity contribution in [2.45, 2.75) is 37.9 Å². The summed E-state index contributed by atoms with van der Waals surface area (Å²) < 4.78 is 0.301.